The van der Waals surface area contributed by atoms with Gasteiger partial charge in [0.15, 0.2) is 17.0 Å². The number of H-pyrrole nitrogens is 1. The van der Waals surface area contributed by atoms with Crippen LogP contribution in [0.15, 0.2) is 36.5 Å². The maximum atomic E-state index is 13.1. The monoisotopic (exact) mass is 673 g/mol. The molecule has 1 atom stereocenters. The molecule has 2 amide bonds. The van der Waals surface area contributed by atoms with Gasteiger partial charge in [0.2, 0.25) is 11.8 Å². The zero-order valence-electron chi connectivity index (χ0n) is 26.7. The third kappa shape index (κ3) is 7.77. The molecule has 8 N–H and O–H groups in total. The number of rotatable bonds is 12. The summed E-state index contributed by atoms with van der Waals surface area (Å²) in [6.45, 7) is 6.70. The SMILES string of the molecule is CN(Cc1cnc2nc(N)nc(N)c2n1)c1ccc(C(=O)N[C@@H](CCCNC(=O)c2ccc(C(C)(C)C)cc2-c2nn[nH]n2)C(=O)O)s1. The average molecular weight is 674 g/mol. The maximum Gasteiger partial charge on any atom is 0.326 e. The van der Waals surface area contributed by atoms with Crippen molar-refractivity contribution in [3.8, 4) is 11.4 Å². The van der Waals surface area contributed by atoms with Crippen molar-refractivity contribution >= 4 is 57.1 Å². The molecule has 1 aromatic carbocycles. The minimum atomic E-state index is -1.18. The number of carboxylic acids is 1. The van der Waals surface area contributed by atoms with Gasteiger partial charge in [0, 0.05) is 19.2 Å². The summed E-state index contributed by atoms with van der Waals surface area (Å²) < 4.78 is 0. The van der Waals surface area contributed by atoms with Crippen LogP contribution < -0.4 is 27.0 Å². The number of nitrogens with zero attached hydrogens (tertiary/aromatic N) is 8. The van der Waals surface area contributed by atoms with Crippen LogP contribution >= 0.6 is 11.3 Å². The highest BCUT2D eigenvalue weighted by Gasteiger charge is 2.24. The number of amides is 2. The molecule has 0 spiro atoms. The Morgan fingerprint density at radius 2 is 1.88 bits per heavy atom. The molecule has 48 heavy (non-hydrogen) atoms. The Balaban J connectivity index is 1.16. The molecule has 0 radical (unpaired) electrons. The van der Waals surface area contributed by atoms with Crippen molar-refractivity contribution < 1.29 is 19.5 Å². The molecule has 4 heterocycles. The van der Waals surface area contributed by atoms with Crippen molar-refractivity contribution in [3.05, 3.63) is 58.2 Å². The molecule has 0 aliphatic rings. The van der Waals surface area contributed by atoms with E-state index in [0.717, 1.165) is 10.6 Å². The van der Waals surface area contributed by atoms with Gasteiger partial charge < -0.3 is 32.1 Å². The lowest BCUT2D eigenvalue weighted by molar-refractivity contribution is -0.139. The molecule has 5 aromatic rings. The minimum absolute atomic E-state index is 0.00886. The molecule has 0 aliphatic carbocycles. The zero-order valence-corrected chi connectivity index (χ0v) is 27.5. The van der Waals surface area contributed by atoms with E-state index in [2.05, 4.69) is 72.0 Å². The second kappa shape index (κ2) is 13.9. The lowest BCUT2D eigenvalue weighted by Crippen LogP contribution is -2.41. The van der Waals surface area contributed by atoms with Gasteiger partial charge in [-0.25, -0.2) is 14.8 Å². The summed E-state index contributed by atoms with van der Waals surface area (Å²) in [6, 6.07) is 7.68. The lowest BCUT2D eigenvalue weighted by atomic mass is 9.85. The molecule has 17 nitrogen and oxygen atoms in total. The Bertz CT molecular complexity index is 1960. The predicted octanol–water partition coefficient (Wildman–Crippen LogP) is 2.15. The molecule has 0 saturated heterocycles. The van der Waals surface area contributed by atoms with E-state index in [1.165, 1.54) is 11.3 Å². The Labute approximate surface area is 278 Å². The van der Waals surface area contributed by atoms with Crippen LogP contribution in [0.3, 0.4) is 0 Å². The van der Waals surface area contributed by atoms with Crippen LogP contribution in [0.5, 0.6) is 0 Å². The number of carbonyl (C=O) groups is 3. The number of hydrogen-bond donors (Lipinski definition) is 6. The summed E-state index contributed by atoms with van der Waals surface area (Å²) in [5.74, 6) is -1.64. The molecule has 0 bridgehead atoms. The highest BCUT2D eigenvalue weighted by atomic mass is 32.1. The highest BCUT2D eigenvalue weighted by Crippen LogP contribution is 2.29. The van der Waals surface area contributed by atoms with E-state index >= 15 is 0 Å². The third-order valence-electron chi connectivity index (χ3n) is 7.37. The first-order chi connectivity index (χ1) is 22.8. The van der Waals surface area contributed by atoms with Gasteiger partial charge in [0.05, 0.1) is 33.9 Å². The molecule has 5 rings (SSSR count). The number of carboxylic acid groups (broad SMARTS) is 1. The minimum Gasteiger partial charge on any atom is -0.480 e. The molecule has 250 valence electrons. The second-order valence-corrected chi connectivity index (χ2v) is 13.1. The number of aromatic nitrogens is 8. The van der Waals surface area contributed by atoms with Crippen LogP contribution in [0.25, 0.3) is 22.6 Å². The second-order valence-electron chi connectivity index (χ2n) is 12.0. The first kappa shape index (κ1) is 33.6. The Morgan fingerprint density at radius 1 is 1.08 bits per heavy atom. The molecule has 0 fully saturated rings. The zero-order chi connectivity index (χ0) is 34.6. The first-order valence-corrected chi connectivity index (χ1v) is 15.7. The van der Waals surface area contributed by atoms with E-state index in [0.29, 0.717) is 40.2 Å². The molecule has 0 saturated carbocycles. The normalized spacial score (nSPS) is 12.1. The Morgan fingerprint density at radius 3 is 2.58 bits per heavy atom. The number of thiophene rings is 1. The number of nitrogen functional groups attached to an aromatic ring is 2. The van der Waals surface area contributed by atoms with Crippen LogP contribution in [0.4, 0.5) is 16.8 Å². The van der Waals surface area contributed by atoms with E-state index in [1.54, 1.807) is 24.4 Å². The number of tetrazole rings is 1. The summed E-state index contributed by atoms with van der Waals surface area (Å²) in [7, 11) is 1.82. The molecule has 0 unspecified atom stereocenters. The number of benzene rings is 1. The topological polar surface area (TPSA) is 257 Å². The number of anilines is 3. The number of nitrogens with one attached hydrogen (secondary N) is 3. The van der Waals surface area contributed by atoms with E-state index in [9.17, 15) is 19.5 Å². The van der Waals surface area contributed by atoms with Crippen LogP contribution in [-0.2, 0) is 16.8 Å². The highest BCUT2D eigenvalue weighted by molar-refractivity contribution is 7.18. The number of aliphatic carboxylic acids is 1. The van der Waals surface area contributed by atoms with Crippen molar-refractivity contribution in [2.24, 2.45) is 0 Å². The van der Waals surface area contributed by atoms with E-state index in [-0.39, 0.29) is 47.5 Å². The quantitative estimate of drug-likeness (QED) is 0.104. The van der Waals surface area contributed by atoms with Gasteiger partial charge in [-0.1, -0.05) is 26.8 Å². The Hall–Kier alpha value is -5.78. The first-order valence-electron chi connectivity index (χ1n) is 14.9. The summed E-state index contributed by atoms with van der Waals surface area (Å²) >= 11 is 1.20. The van der Waals surface area contributed by atoms with Crippen LogP contribution in [0, 0.1) is 0 Å². The molecule has 4 aromatic heterocycles. The van der Waals surface area contributed by atoms with Crippen LogP contribution in [0.2, 0.25) is 0 Å². The smallest absolute Gasteiger partial charge is 0.326 e. The van der Waals surface area contributed by atoms with Crippen molar-refractivity contribution in [1.29, 1.82) is 0 Å². The molecular formula is C30H35N13O4S. The average Bonchev–Trinajstić information content (AvgIpc) is 3.75. The van der Waals surface area contributed by atoms with Gasteiger partial charge in [-0.15, -0.1) is 21.5 Å². The Kier molecular flexibility index (Phi) is 9.74. The number of fused-ring (bicyclic) bond motifs is 1. The third-order valence-corrected chi connectivity index (χ3v) is 8.57. The van der Waals surface area contributed by atoms with Gasteiger partial charge in [0.25, 0.3) is 11.8 Å². The number of carbonyl (C=O) groups excluding carboxylic acids is 2. The van der Waals surface area contributed by atoms with E-state index in [4.69, 9.17) is 11.5 Å². The standard InChI is InChI=1S/C30H35N13O4S/c1-30(2,3)15-7-8-17(18(12-15)24-39-41-42-40-24)26(44)33-11-5-6-19(28(46)47)36-27(45)20-9-10-21(48-20)43(4)14-16-13-34-25-22(35-16)23(31)37-29(32)38-25/h7-10,12-13,19H,5-6,11,14H2,1-4H3,(H,33,44)(H,36,45)(H,46,47)(H,39,40,41,42)(H4,31,32,34,37,38)/t19-/m0/s1. The van der Waals surface area contributed by atoms with Gasteiger partial charge in [-0.3, -0.25) is 9.59 Å². The van der Waals surface area contributed by atoms with Gasteiger partial charge >= 0.3 is 5.97 Å². The predicted molar refractivity (Wildman–Crippen MR) is 179 cm³/mol. The van der Waals surface area contributed by atoms with Crippen molar-refractivity contribution in [2.45, 2.75) is 51.6 Å². The fourth-order valence-corrected chi connectivity index (χ4v) is 5.66. The largest absolute Gasteiger partial charge is 0.480 e. The summed E-state index contributed by atoms with van der Waals surface area (Å²) in [5.41, 5.74) is 14.5. The van der Waals surface area contributed by atoms with Gasteiger partial charge in [0.1, 0.15) is 6.04 Å². The summed E-state index contributed by atoms with van der Waals surface area (Å²) in [6.07, 6.45) is 1.95. The van der Waals surface area contributed by atoms with Gasteiger partial charge in [-0.2, -0.15) is 15.2 Å². The van der Waals surface area contributed by atoms with Crippen LogP contribution in [0.1, 0.15) is 64.9 Å². The van der Waals surface area contributed by atoms with E-state index < -0.39 is 17.9 Å². The number of hydrogen-bond acceptors (Lipinski definition) is 14. The van der Waals surface area contributed by atoms with Gasteiger partial charge in [-0.05, 0) is 53.3 Å². The number of nitrogens with two attached hydrogens (primary N) is 2. The maximum absolute atomic E-state index is 13.1. The van der Waals surface area contributed by atoms with E-state index in [1.807, 2.05) is 24.1 Å². The lowest BCUT2D eigenvalue weighted by Gasteiger charge is -2.20. The van der Waals surface area contributed by atoms with Crippen molar-refractivity contribution in [1.82, 2.24) is 51.2 Å². The number of aromatic amines is 1. The molecule has 18 heteroatoms. The molecule has 0 aliphatic heterocycles. The summed E-state index contributed by atoms with van der Waals surface area (Å²) in [4.78, 5) is 57.0. The molecular weight excluding hydrogens is 638 g/mol. The summed E-state index contributed by atoms with van der Waals surface area (Å²) in [5, 5.41) is 30.0. The van der Waals surface area contributed by atoms with Crippen molar-refractivity contribution in [3.63, 3.8) is 0 Å². The van der Waals surface area contributed by atoms with Crippen LogP contribution in [-0.4, -0.2) is 83.1 Å². The fourth-order valence-electron chi connectivity index (χ4n) is 4.79. The van der Waals surface area contributed by atoms with Crippen molar-refractivity contribution in [2.75, 3.05) is 30.0 Å². The fraction of sp³-hybridized carbons (Fsp3) is 0.333.